The molecule has 1 aromatic heterocycles. The number of fused-ring (bicyclic) bond motifs is 1. The third kappa shape index (κ3) is 3.54. The summed E-state index contributed by atoms with van der Waals surface area (Å²) in [6.45, 7) is 2.14. The van der Waals surface area contributed by atoms with Crippen molar-refractivity contribution >= 4 is 23.5 Å². The highest BCUT2D eigenvalue weighted by molar-refractivity contribution is 5.95. The molecule has 0 aliphatic carbocycles. The normalized spacial score (nSPS) is 28.0. The van der Waals surface area contributed by atoms with Gasteiger partial charge in [-0.1, -0.05) is 13.0 Å². The van der Waals surface area contributed by atoms with Gasteiger partial charge in [0.2, 0.25) is 11.7 Å². The molecule has 3 heterocycles. The summed E-state index contributed by atoms with van der Waals surface area (Å²) in [7, 11) is 0. The number of carbonyl (C=O) groups is 4. The monoisotopic (exact) mass is 373 g/mol. The average molecular weight is 373 g/mol. The van der Waals surface area contributed by atoms with Crippen LogP contribution < -0.4 is 11.1 Å². The number of quaternary nitrogens is 1. The molecule has 8 heteroatoms. The van der Waals surface area contributed by atoms with E-state index in [1.54, 1.807) is 31.5 Å². The molecule has 2 fully saturated rings. The maximum Gasteiger partial charge on any atom is 0.326 e. The third-order valence-corrected chi connectivity index (χ3v) is 5.76. The molecule has 0 saturated carbocycles. The van der Waals surface area contributed by atoms with E-state index in [1.807, 2.05) is 0 Å². The van der Waals surface area contributed by atoms with E-state index in [2.05, 4.69) is 10.3 Å². The van der Waals surface area contributed by atoms with Crippen LogP contribution >= 0.6 is 0 Å². The van der Waals surface area contributed by atoms with Crippen molar-refractivity contribution < 1.29 is 23.7 Å². The van der Waals surface area contributed by atoms with E-state index in [0.29, 0.717) is 18.5 Å². The minimum atomic E-state index is -0.675. The number of imide groups is 1. The lowest BCUT2D eigenvalue weighted by atomic mass is 10.0. The van der Waals surface area contributed by atoms with Crippen LogP contribution in [0.25, 0.3) is 0 Å². The minimum absolute atomic E-state index is 0.0411. The number of hydrogen-bond acceptors (Lipinski definition) is 6. The first-order valence-corrected chi connectivity index (χ1v) is 9.25. The molecule has 0 spiro atoms. The second-order valence-electron chi connectivity index (χ2n) is 7.45. The van der Waals surface area contributed by atoms with Gasteiger partial charge in [-0.2, -0.15) is 4.48 Å². The van der Waals surface area contributed by atoms with Gasteiger partial charge in [0.05, 0.1) is 32.0 Å². The molecule has 3 amide bonds. The highest BCUT2D eigenvalue weighted by Gasteiger charge is 2.62. The van der Waals surface area contributed by atoms with Crippen LogP contribution in [-0.2, 0) is 25.6 Å². The summed E-state index contributed by atoms with van der Waals surface area (Å²) >= 11 is 0. The van der Waals surface area contributed by atoms with Crippen molar-refractivity contribution in [3.63, 3.8) is 0 Å². The Balaban J connectivity index is 1.87. The van der Waals surface area contributed by atoms with Gasteiger partial charge >= 0.3 is 11.8 Å². The van der Waals surface area contributed by atoms with Gasteiger partial charge in [-0.05, 0) is 18.1 Å². The summed E-state index contributed by atoms with van der Waals surface area (Å²) in [5.74, 6) is -1.63. The summed E-state index contributed by atoms with van der Waals surface area (Å²) in [6, 6.07) is 2.68. The van der Waals surface area contributed by atoms with E-state index < -0.39 is 22.3 Å². The third-order valence-electron chi connectivity index (χ3n) is 5.76. The van der Waals surface area contributed by atoms with E-state index >= 15 is 0 Å². The number of primary amides is 1. The number of rotatable bonds is 6. The number of ketones is 1. The first-order chi connectivity index (χ1) is 12.9. The van der Waals surface area contributed by atoms with Crippen LogP contribution in [0.4, 0.5) is 0 Å². The molecule has 144 valence electrons. The minimum Gasteiger partial charge on any atom is -0.369 e. The summed E-state index contributed by atoms with van der Waals surface area (Å²) in [4.78, 5) is 54.3. The average Bonchev–Trinajstić information content (AvgIpc) is 3.21. The Labute approximate surface area is 157 Å². The number of Topliss-reactive ketones (excluding diaryl/α,β-unsaturated/α-hetero) is 1. The van der Waals surface area contributed by atoms with E-state index in [1.165, 1.54) is 0 Å². The standard InChI is InChI=1S/C19H24N4O4/c1-12(19(20)27)4-5-16(25)23(8-6-14-18(23)15(24)11-22-14)17(26)9-13-3-2-7-21-10-13/h2-3,7,10,12,14,18,22H,4-6,8-9,11H2,1H3,(H-,20,27)/p+1. The zero-order valence-corrected chi connectivity index (χ0v) is 15.4. The predicted octanol–water partition coefficient (Wildman–Crippen LogP) is -0.291. The van der Waals surface area contributed by atoms with Crippen LogP contribution in [0.3, 0.4) is 0 Å². The maximum absolute atomic E-state index is 13.3. The Bertz CT molecular complexity index is 766. The second-order valence-corrected chi connectivity index (χ2v) is 7.45. The molecule has 2 aliphatic heterocycles. The molecule has 27 heavy (non-hydrogen) atoms. The van der Waals surface area contributed by atoms with Gasteiger partial charge in [-0.15, -0.1) is 0 Å². The molecule has 1 aromatic rings. The van der Waals surface area contributed by atoms with Gasteiger partial charge < -0.3 is 11.1 Å². The lowest BCUT2D eigenvalue weighted by molar-refractivity contribution is -0.782. The zero-order chi connectivity index (χ0) is 19.6. The Morgan fingerprint density at radius 3 is 2.81 bits per heavy atom. The summed E-state index contributed by atoms with van der Waals surface area (Å²) < 4.78 is -0.461. The molecule has 4 unspecified atom stereocenters. The van der Waals surface area contributed by atoms with Gasteiger partial charge in [0, 0.05) is 24.7 Å². The van der Waals surface area contributed by atoms with Crippen LogP contribution in [0.15, 0.2) is 24.5 Å². The first-order valence-electron chi connectivity index (χ1n) is 9.25. The van der Waals surface area contributed by atoms with Gasteiger partial charge in [0.1, 0.15) is 0 Å². The summed E-state index contributed by atoms with van der Waals surface area (Å²) in [5.41, 5.74) is 5.99. The molecular weight excluding hydrogens is 348 g/mol. The number of likely N-dealkylation sites (tertiary alicyclic amines) is 1. The van der Waals surface area contributed by atoms with Crippen molar-refractivity contribution in [2.75, 3.05) is 13.1 Å². The Morgan fingerprint density at radius 2 is 2.15 bits per heavy atom. The number of nitrogens with two attached hydrogens (primary N) is 1. The van der Waals surface area contributed by atoms with Crippen LogP contribution in [-0.4, -0.2) is 58.1 Å². The number of pyridine rings is 1. The number of nitrogens with one attached hydrogen (secondary N) is 1. The van der Waals surface area contributed by atoms with E-state index in [0.717, 1.165) is 0 Å². The quantitative estimate of drug-likeness (QED) is 0.661. The number of aromatic nitrogens is 1. The van der Waals surface area contributed by atoms with Crippen molar-refractivity contribution in [1.29, 1.82) is 0 Å². The second kappa shape index (κ2) is 7.66. The van der Waals surface area contributed by atoms with E-state index in [4.69, 9.17) is 5.73 Å². The Kier molecular flexibility index (Phi) is 5.48. The molecule has 8 nitrogen and oxygen atoms in total. The molecule has 0 aromatic carbocycles. The highest BCUT2D eigenvalue weighted by atomic mass is 16.2. The van der Waals surface area contributed by atoms with Gasteiger partial charge in [-0.25, -0.2) is 9.59 Å². The number of carbonyl (C=O) groups excluding carboxylic acids is 4. The fourth-order valence-electron chi connectivity index (χ4n) is 4.17. The van der Waals surface area contributed by atoms with Gasteiger partial charge in [0.15, 0.2) is 6.04 Å². The maximum atomic E-state index is 13.3. The van der Waals surface area contributed by atoms with E-state index in [9.17, 15) is 19.2 Å². The molecule has 4 atom stereocenters. The van der Waals surface area contributed by atoms with Gasteiger partial charge in [0.25, 0.3) is 0 Å². The molecule has 3 N–H and O–H groups in total. The summed E-state index contributed by atoms with van der Waals surface area (Å²) in [6.07, 6.45) is 4.15. The summed E-state index contributed by atoms with van der Waals surface area (Å²) in [5, 5.41) is 3.12. The van der Waals surface area contributed by atoms with Crippen molar-refractivity contribution in [2.24, 2.45) is 11.7 Å². The van der Waals surface area contributed by atoms with Crippen molar-refractivity contribution in [2.45, 2.75) is 44.7 Å². The van der Waals surface area contributed by atoms with E-state index in [-0.39, 0.29) is 49.4 Å². The van der Waals surface area contributed by atoms with Crippen molar-refractivity contribution in [1.82, 2.24) is 10.3 Å². The zero-order valence-electron chi connectivity index (χ0n) is 15.4. The Hall–Kier alpha value is -2.45. The van der Waals surface area contributed by atoms with Crippen molar-refractivity contribution in [3.05, 3.63) is 30.1 Å². The molecule has 3 rings (SSSR count). The lowest BCUT2D eigenvalue weighted by Crippen LogP contribution is -2.63. The van der Waals surface area contributed by atoms with Crippen LogP contribution in [0, 0.1) is 5.92 Å². The number of amides is 3. The highest BCUT2D eigenvalue weighted by Crippen LogP contribution is 2.34. The molecule has 0 radical (unpaired) electrons. The first kappa shape index (κ1) is 19.3. The fourth-order valence-corrected chi connectivity index (χ4v) is 4.17. The Morgan fingerprint density at radius 1 is 1.37 bits per heavy atom. The SMILES string of the molecule is CC(CCC(=O)[N+]1(C(=O)Cc2cccnc2)CCC2NCC(=O)C21)C(N)=O. The largest absolute Gasteiger partial charge is 0.369 e. The molecular formula is C19H25N4O4+. The number of nitrogens with zero attached hydrogens (tertiary/aromatic N) is 2. The fraction of sp³-hybridized carbons (Fsp3) is 0.526. The molecule has 0 bridgehead atoms. The van der Waals surface area contributed by atoms with Crippen LogP contribution in [0.2, 0.25) is 0 Å². The smallest absolute Gasteiger partial charge is 0.326 e. The van der Waals surface area contributed by atoms with Crippen molar-refractivity contribution in [3.8, 4) is 0 Å². The van der Waals surface area contributed by atoms with Crippen LogP contribution in [0.1, 0.15) is 31.7 Å². The predicted molar refractivity (Wildman–Crippen MR) is 95.9 cm³/mol. The van der Waals surface area contributed by atoms with Crippen LogP contribution in [0.5, 0.6) is 0 Å². The molecule has 2 saturated heterocycles. The molecule has 2 aliphatic rings. The van der Waals surface area contributed by atoms with Gasteiger partial charge in [-0.3, -0.25) is 14.6 Å². The lowest BCUT2D eigenvalue weighted by Gasteiger charge is -2.33. The topological polar surface area (TPSA) is 119 Å². The number of hydrogen-bond donors (Lipinski definition) is 2.